The van der Waals surface area contributed by atoms with E-state index in [0.29, 0.717) is 13.2 Å². The van der Waals surface area contributed by atoms with Gasteiger partial charge in [0.15, 0.2) is 12.1 Å². The van der Waals surface area contributed by atoms with Crippen LogP contribution in [0.1, 0.15) is 60.4 Å². The zero-order valence-electron chi connectivity index (χ0n) is 11.7. The number of hydrogen-bond donors (Lipinski definition) is 0. The standard InChI is InChI=1S/C15H22O3S/c1-3-5-6-11(4-2)14(16)12-7-8-13(19-12)15-17-9-10-18-15/h7-8,11,15H,3-6,9-10H2,1-2H3/t11-/m0/s1. The van der Waals surface area contributed by atoms with Crippen molar-refractivity contribution in [3.05, 3.63) is 21.9 Å². The molecule has 106 valence electrons. The molecule has 1 aromatic rings. The van der Waals surface area contributed by atoms with E-state index in [1.165, 1.54) is 11.3 Å². The SMILES string of the molecule is CCCC[C@H](CC)C(=O)c1ccc(C2OCCO2)s1. The number of thiophene rings is 1. The molecule has 0 spiro atoms. The monoisotopic (exact) mass is 282 g/mol. The summed E-state index contributed by atoms with van der Waals surface area (Å²) in [6.07, 6.45) is 3.92. The number of unbranched alkanes of at least 4 members (excludes halogenated alkanes) is 1. The lowest BCUT2D eigenvalue weighted by atomic mass is 9.94. The molecule has 1 aliphatic heterocycles. The summed E-state index contributed by atoms with van der Waals surface area (Å²) in [5, 5.41) is 0. The van der Waals surface area contributed by atoms with Crippen LogP contribution in [-0.2, 0) is 9.47 Å². The smallest absolute Gasteiger partial charge is 0.193 e. The van der Waals surface area contributed by atoms with Crippen molar-refractivity contribution < 1.29 is 14.3 Å². The van der Waals surface area contributed by atoms with Gasteiger partial charge in [-0.15, -0.1) is 11.3 Å². The van der Waals surface area contributed by atoms with Gasteiger partial charge in [0.1, 0.15) is 0 Å². The van der Waals surface area contributed by atoms with Crippen molar-refractivity contribution in [2.24, 2.45) is 5.92 Å². The lowest BCUT2D eigenvalue weighted by Crippen LogP contribution is -2.12. The van der Waals surface area contributed by atoms with Crippen LogP contribution in [0.2, 0.25) is 0 Å². The average Bonchev–Trinajstić information content (AvgIpc) is 3.10. The Kier molecular flexibility index (Phi) is 5.55. The van der Waals surface area contributed by atoms with E-state index in [9.17, 15) is 4.79 Å². The summed E-state index contributed by atoms with van der Waals surface area (Å²) < 4.78 is 10.9. The summed E-state index contributed by atoms with van der Waals surface area (Å²) >= 11 is 1.52. The molecule has 2 heterocycles. The highest BCUT2D eigenvalue weighted by Gasteiger charge is 2.24. The quantitative estimate of drug-likeness (QED) is 0.703. The maximum atomic E-state index is 12.4. The summed E-state index contributed by atoms with van der Waals surface area (Å²) in [7, 11) is 0. The second-order valence-electron chi connectivity index (χ2n) is 4.89. The molecule has 1 atom stereocenters. The first-order chi connectivity index (χ1) is 9.26. The van der Waals surface area contributed by atoms with Crippen LogP contribution in [0.15, 0.2) is 12.1 Å². The van der Waals surface area contributed by atoms with E-state index in [1.807, 2.05) is 12.1 Å². The number of Topliss-reactive ketones (excluding diaryl/α,β-unsaturated/α-hetero) is 1. The van der Waals surface area contributed by atoms with Gasteiger partial charge in [-0.1, -0.05) is 26.7 Å². The molecule has 1 aliphatic rings. The van der Waals surface area contributed by atoms with E-state index in [2.05, 4.69) is 13.8 Å². The van der Waals surface area contributed by atoms with Gasteiger partial charge in [-0.05, 0) is 25.0 Å². The Labute approximate surface area is 118 Å². The Hall–Kier alpha value is -0.710. The number of carbonyl (C=O) groups is 1. The molecule has 1 fully saturated rings. The highest BCUT2D eigenvalue weighted by Crippen LogP contribution is 2.31. The Bertz CT molecular complexity index is 407. The molecule has 0 radical (unpaired) electrons. The highest BCUT2D eigenvalue weighted by atomic mass is 32.1. The molecule has 1 saturated heterocycles. The van der Waals surface area contributed by atoms with Gasteiger partial charge in [-0.25, -0.2) is 0 Å². The summed E-state index contributed by atoms with van der Waals surface area (Å²) in [6, 6.07) is 3.88. The molecule has 0 aliphatic carbocycles. The van der Waals surface area contributed by atoms with Crippen LogP contribution in [0.3, 0.4) is 0 Å². The minimum atomic E-state index is -0.262. The fourth-order valence-corrected chi connectivity index (χ4v) is 3.33. The van der Waals surface area contributed by atoms with Crippen LogP contribution in [0.25, 0.3) is 0 Å². The van der Waals surface area contributed by atoms with Crippen LogP contribution in [-0.4, -0.2) is 19.0 Å². The van der Waals surface area contributed by atoms with E-state index >= 15 is 0 Å². The predicted molar refractivity (Wildman–Crippen MR) is 76.6 cm³/mol. The third kappa shape index (κ3) is 3.65. The van der Waals surface area contributed by atoms with Crippen LogP contribution in [0.4, 0.5) is 0 Å². The maximum Gasteiger partial charge on any atom is 0.193 e. The van der Waals surface area contributed by atoms with Crippen molar-refractivity contribution in [3.63, 3.8) is 0 Å². The molecule has 0 amide bonds. The first-order valence-electron chi connectivity index (χ1n) is 7.13. The highest BCUT2D eigenvalue weighted by molar-refractivity contribution is 7.14. The third-order valence-corrected chi connectivity index (χ3v) is 4.61. The fraction of sp³-hybridized carbons (Fsp3) is 0.667. The number of rotatable bonds is 7. The zero-order valence-corrected chi connectivity index (χ0v) is 12.5. The van der Waals surface area contributed by atoms with E-state index in [4.69, 9.17) is 9.47 Å². The normalized spacial score (nSPS) is 17.8. The summed E-state index contributed by atoms with van der Waals surface area (Å²) in [6.45, 7) is 5.53. The minimum Gasteiger partial charge on any atom is -0.345 e. The number of hydrogen-bond acceptors (Lipinski definition) is 4. The first kappa shape index (κ1) is 14.7. The molecular weight excluding hydrogens is 260 g/mol. The zero-order chi connectivity index (χ0) is 13.7. The van der Waals surface area contributed by atoms with Crippen molar-refractivity contribution in [2.45, 2.75) is 45.8 Å². The Balaban J connectivity index is 2.01. The van der Waals surface area contributed by atoms with E-state index in [0.717, 1.165) is 35.4 Å². The number of ether oxygens (including phenoxy) is 2. The fourth-order valence-electron chi connectivity index (χ4n) is 2.31. The summed E-state index contributed by atoms with van der Waals surface area (Å²) in [5.74, 6) is 0.446. The van der Waals surface area contributed by atoms with Gasteiger partial charge in [-0.2, -0.15) is 0 Å². The van der Waals surface area contributed by atoms with Gasteiger partial charge < -0.3 is 9.47 Å². The lowest BCUT2D eigenvalue weighted by Gasteiger charge is -2.11. The lowest BCUT2D eigenvalue weighted by molar-refractivity contribution is -0.0413. The summed E-state index contributed by atoms with van der Waals surface area (Å²) in [5.41, 5.74) is 0. The molecular formula is C15H22O3S. The van der Waals surface area contributed by atoms with Crippen molar-refractivity contribution in [3.8, 4) is 0 Å². The second-order valence-corrected chi connectivity index (χ2v) is 6.00. The van der Waals surface area contributed by atoms with Gasteiger partial charge in [0, 0.05) is 5.92 Å². The topological polar surface area (TPSA) is 35.5 Å². The molecule has 2 rings (SSSR count). The molecule has 4 heteroatoms. The molecule has 0 aromatic carbocycles. The third-order valence-electron chi connectivity index (χ3n) is 3.49. The van der Waals surface area contributed by atoms with Crippen molar-refractivity contribution in [1.29, 1.82) is 0 Å². The van der Waals surface area contributed by atoms with E-state index in [-0.39, 0.29) is 18.0 Å². The minimum absolute atomic E-state index is 0.164. The van der Waals surface area contributed by atoms with E-state index < -0.39 is 0 Å². The molecule has 0 bridgehead atoms. The largest absolute Gasteiger partial charge is 0.345 e. The number of ketones is 1. The van der Waals surface area contributed by atoms with Gasteiger partial charge in [-0.3, -0.25) is 4.79 Å². The van der Waals surface area contributed by atoms with Crippen LogP contribution < -0.4 is 0 Å². The van der Waals surface area contributed by atoms with Crippen LogP contribution in [0.5, 0.6) is 0 Å². The Morgan fingerprint density at radius 2 is 2.11 bits per heavy atom. The summed E-state index contributed by atoms with van der Waals surface area (Å²) in [4.78, 5) is 14.3. The molecule has 0 unspecified atom stereocenters. The Morgan fingerprint density at radius 1 is 1.37 bits per heavy atom. The predicted octanol–water partition coefficient (Wildman–Crippen LogP) is 4.19. The molecule has 19 heavy (non-hydrogen) atoms. The van der Waals surface area contributed by atoms with Crippen molar-refractivity contribution >= 4 is 17.1 Å². The van der Waals surface area contributed by atoms with Gasteiger partial charge in [0.2, 0.25) is 0 Å². The molecule has 3 nitrogen and oxygen atoms in total. The second kappa shape index (κ2) is 7.17. The molecule has 0 saturated carbocycles. The van der Waals surface area contributed by atoms with E-state index in [1.54, 1.807) is 0 Å². The van der Waals surface area contributed by atoms with Crippen LogP contribution in [0, 0.1) is 5.92 Å². The average molecular weight is 282 g/mol. The van der Waals surface area contributed by atoms with Gasteiger partial charge in [0.25, 0.3) is 0 Å². The first-order valence-corrected chi connectivity index (χ1v) is 7.95. The Morgan fingerprint density at radius 3 is 2.74 bits per heavy atom. The molecule has 0 N–H and O–H groups in total. The van der Waals surface area contributed by atoms with Crippen LogP contribution >= 0.6 is 11.3 Å². The van der Waals surface area contributed by atoms with Gasteiger partial charge >= 0.3 is 0 Å². The number of carbonyl (C=O) groups excluding carboxylic acids is 1. The maximum absolute atomic E-state index is 12.4. The van der Waals surface area contributed by atoms with Crippen molar-refractivity contribution in [1.82, 2.24) is 0 Å². The molecule has 1 aromatic heterocycles. The van der Waals surface area contributed by atoms with Crippen molar-refractivity contribution in [2.75, 3.05) is 13.2 Å². The van der Waals surface area contributed by atoms with Gasteiger partial charge in [0.05, 0.1) is 23.0 Å².